The van der Waals surface area contributed by atoms with Crippen LogP contribution in [0, 0.1) is 0 Å². The molecular formula is C31H24Cl2F3N3O2. The second kappa shape index (κ2) is 10.9. The van der Waals surface area contributed by atoms with Gasteiger partial charge < -0.3 is 9.64 Å². The van der Waals surface area contributed by atoms with Crippen molar-refractivity contribution in [1.29, 1.82) is 0 Å². The molecule has 3 heterocycles. The third-order valence-electron chi connectivity index (χ3n) is 7.54. The van der Waals surface area contributed by atoms with Gasteiger partial charge in [0.25, 0.3) is 0 Å². The van der Waals surface area contributed by atoms with E-state index in [-0.39, 0.29) is 18.2 Å². The highest BCUT2D eigenvalue weighted by Crippen LogP contribution is 2.43. The number of aromatic nitrogens is 1. The number of nitrogens with zero attached hydrogens (tertiary/aromatic N) is 3. The van der Waals surface area contributed by atoms with Crippen LogP contribution in [-0.2, 0) is 17.5 Å². The molecule has 0 saturated carbocycles. The minimum Gasteiger partial charge on any atom is -0.442 e. The molecular weight excluding hydrogens is 574 g/mol. The van der Waals surface area contributed by atoms with Crippen molar-refractivity contribution in [2.75, 3.05) is 18.0 Å². The molecule has 2 atom stereocenters. The van der Waals surface area contributed by atoms with Crippen LogP contribution in [0.4, 0.5) is 23.7 Å². The fourth-order valence-corrected chi connectivity index (χ4v) is 6.17. The van der Waals surface area contributed by atoms with Gasteiger partial charge in [0.2, 0.25) is 0 Å². The van der Waals surface area contributed by atoms with Gasteiger partial charge in [-0.1, -0.05) is 65.7 Å². The predicted octanol–water partition coefficient (Wildman–Crippen LogP) is 8.34. The van der Waals surface area contributed by atoms with Crippen LogP contribution in [0.25, 0.3) is 22.3 Å². The number of anilines is 1. The van der Waals surface area contributed by atoms with E-state index in [0.717, 1.165) is 34.5 Å². The van der Waals surface area contributed by atoms with Crippen LogP contribution < -0.4 is 4.90 Å². The van der Waals surface area contributed by atoms with Crippen LogP contribution in [0.15, 0.2) is 85.2 Å². The second-order valence-corrected chi connectivity index (χ2v) is 11.0. The zero-order chi connectivity index (χ0) is 28.7. The zero-order valence-electron chi connectivity index (χ0n) is 21.6. The number of ether oxygens (including phenoxy) is 1. The Morgan fingerprint density at radius 2 is 1.56 bits per heavy atom. The number of halogens is 5. The van der Waals surface area contributed by atoms with E-state index in [4.69, 9.17) is 27.9 Å². The van der Waals surface area contributed by atoms with Gasteiger partial charge in [-0.3, -0.25) is 9.88 Å². The van der Waals surface area contributed by atoms with E-state index in [1.807, 2.05) is 30.3 Å². The van der Waals surface area contributed by atoms with Crippen molar-refractivity contribution in [2.45, 2.75) is 31.3 Å². The van der Waals surface area contributed by atoms with Crippen LogP contribution in [0.5, 0.6) is 0 Å². The first-order valence-electron chi connectivity index (χ1n) is 13.1. The SMILES string of the molecule is O=C1O[C@H]2CN(c3c(-c4ccc(C(F)(F)F)cc4)cncc3-c3cc(Cl)cc(Cl)c3)CC[C@H]2N1Cc1ccccc1. The highest BCUT2D eigenvalue weighted by Gasteiger charge is 2.45. The Balaban J connectivity index is 1.38. The summed E-state index contributed by atoms with van der Waals surface area (Å²) in [5, 5.41) is 0.886. The van der Waals surface area contributed by atoms with E-state index < -0.39 is 11.7 Å². The second-order valence-electron chi connectivity index (χ2n) is 10.2. The van der Waals surface area contributed by atoms with Gasteiger partial charge in [0.15, 0.2) is 0 Å². The van der Waals surface area contributed by atoms with E-state index in [1.54, 1.807) is 35.5 Å². The molecule has 6 rings (SSSR count). The molecule has 0 N–H and O–H groups in total. The molecule has 10 heteroatoms. The highest BCUT2D eigenvalue weighted by atomic mass is 35.5. The largest absolute Gasteiger partial charge is 0.442 e. The lowest BCUT2D eigenvalue weighted by Gasteiger charge is -2.38. The maximum Gasteiger partial charge on any atom is 0.416 e. The summed E-state index contributed by atoms with van der Waals surface area (Å²) in [7, 11) is 0. The summed E-state index contributed by atoms with van der Waals surface area (Å²) in [4.78, 5) is 21.2. The Hall–Kier alpha value is -3.75. The molecule has 1 aromatic heterocycles. The summed E-state index contributed by atoms with van der Waals surface area (Å²) in [6.07, 6.45) is -1.21. The molecule has 0 bridgehead atoms. The minimum atomic E-state index is -4.45. The van der Waals surface area contributed by atoms with Crippen molar-refractivity contribution < 1.29 is 22.7 Å². The molecule has 210 valence electrons. The predicted molar refractivity (Wildman–Crippen MR) is 153 cm³/mol. The lowest BCUT2D eigenvalue weighted by atomic mass is 9.94. The number of rotatable bonds is 5. The third kappa shape index (κ3) is 5.59. The molecule has 2 aliphatic heterocycles. The summed E-state index contributed by atoms with van der Waals surface area (Å²) in [5.74, 6) is 0. The van der Waals surface area contributed by atoms with Crippen molar-refractivity contribution >= 4 is 35.0 Å². The number of hydrogen-bond donors (Lipinski definition) is 0. The van der Waals surface area contributed by atoms with Gasteiger partial charge in [-0.15, -0.1) is 0 Å². The van der Waals surface area contributed by atoms with Gasteiger partial charge in [0.1, 0.15) is 6.10 Å². The van der Waals surface area contributed by atoms with Crippen molar-refractivity contribution in [3.8, 4) is 22.3 Å². The number of pyridine rings is 1. The Morgan fingerprint density at radius 1 is 0.902 bits per heavy atom. The first-order valence-corrected chi connectivity index (χ1v) is 13.8. The van der Waals surface area contributed by atoms with Gasteiger partial charge in [-0.2, -0.15) is 13.2 Å². The number of piperidine rings is 1. The molecule has 41 heavy (non-hydrogen) atoms. The number of alkyl halides is 3. The molecule has 3 aromatic carbocycles. The number of benzene rings is 3. The Morgan fingerprint density at radius 3 is 2.22 bits per heavy atom. The third-order valence-corrected chi connectivity index (χ3v) is 7.97. The van der Waals surface area contributed by atoms with E-state index in [2.05, 4.69) is 9.88 Å². The summed E-state index contributed by atoms with van der Waals surface area (Å²) in [6.45, 7) is 1.45. The Bertz CT molecular complexity index is 1560. The van der Waals surface area contributed by atoms with Crippen LogP contribution >= 0.6 is 23.2 Å². The van der Waals surface area contributed by atoms with E-state index >= 15 is 0 Å². The first-order chi connectivity index (χ1) is 19.7. The monoisotopic (exact) mass is 597 g/mol. The van der Waals surface area contributed by atoms with Gasteiger partial charge in [-0.25, -0.2) is 4.79 Å². The van der Waals surface area contributed by atoms with E-state index in [9.17, 15) is 18.0 Å². The molecule has 2 saturated heterocycles. The number of fused-ring (bicyclic) bond motifs is 1. The Kier molecular flexibility index (Phi) is 7.30. The van der Waals surface area contributed by atoms with Crippen molar-refractivity contribution in [1.82, 2.24) is 9.88 Å². The van der Waals surface area contributed by atoms with Gasteiger partial charge in [0, 0.05) is 46.7 Å². The maximum atomic E-state index is 13.3. The zero-order valence-corrected chi connectivity index (χ0v) is 23.1. The molecule has 2 fully saturated rings. The molecule has 0 aliphatic carbocycles. The lowest BCUT2D eigenvalue weighted by Crippen LogP contribution is -2.49. The lowest BCUT2D eigenvalue weighted by molar-refractivity contribution is -0.137. The van der Waals surface area contributed by atoms with Crippen LogP contribution in [0.1, 0.15) is 17.5 Å². The van der Waals surface area contributed by atoms with Crippen molar-refractivity contribution in [3.63, 3.8) is 0 Å². The normalized spacial score (nSPS) is 18.8. The topological polar surface area (TPSA) is 45.7 Å². The molecule has 1 amide bonds. The van der Waals surface area contributed by atoms with Gasteiger partial charge >= 0.3 is 12.3 Å². The van der Waals surface area contributed by atoms with Crippen molar-refractivity contribution in [2.24, 2.45) is 0 Å². The fourth-order valence-electron chi connectivity index (χ4n) is 5.64. The number of carbonyl (C=O) groups excluding carboxylic acids is 1. The standard InChI is InChI=1S/C31H24Cl2F3N3O2/c32-23-12-21(13-24(33)14-23)26-16-37-15-25(20-6-8-22(9-7-20)31(34,35)36)29(26)38-11-10-27-28(18-38)41-30(40)39(27)17-19-4-2-1-3-5-19/h1-9,12-16,27-28H,10-11,17-18H2/t27-,28+/m1/s1. The Labute approximate surface area is 245 Å². The molecule has 4 aromatic rings. The fraction of sp³-hybridized carbons (Fsp3) is 0.226. The smallest absolute Gasteiger partial charge is 0.416 e. The quantitative estimate of drug-likeness (QED) is 0.232. The molecule has 2 aliphatic rings. The molecule has 0 unspecified atom stereocenters. The van der Waals surface area contributed by atoms with E-state index in [1.165, 1.54) is 12.1 Å². The van der Waals surface area contributed by atoms with Crippen LogP contribution in [0.3, 0.4) is 0 Å². The summed E-state index contributed by atoms with van der Waals surface area (Å²) < 4.78 is 45.7. The van der Waals surface area contributed by atoms with Gasteiger partial charge in [-0.05, 0) is 53.4 Å². The average molecular weight is 598 g/mol. The first kappa shape index (κ1) is 27.4. The van der Waals surface area contributed by atoms with Crippen LogP contribution in [-0.4, -0.2) is 41.2 Å². The molecule has 0 radical (unpaired) electrons. The summed E-state index contributed by atoms with van der Waals surface area (Å²) in [5.41, 5.74) is 3.71. The van der Waals surface area contributed by atoms with Crippen LogP contribution in [0.2, 0.25) is 10.0 Å². The minimum absolute atomic E-state index is 0.0978. The molecule has 0 spiro atoms. The number of carbonyl (C=O) groups is 1. The number of hydrogen-bond acceptors (Lipinski definition) is 4. The summed E-state index contributed by atoms with van der Waals surface area (Å²) >= 11 is 12.7. The van der Waals surface area contributed by atoms with Crippen molar-refractivity contribution in [3.05, 3.63) is 106 Å². The van der Waals surface area contributed by atoms with Gasteiger partial charge in [0.05, 0.1) is 23.8 Å². The number of amides is 1. The van der Waals surface area contributed by atoms with E-state index in [0.29, 0.717) is 47.2 Å². The highest BCUT2D eigenvalue weighted by molar-refractivity contribution is 6.35. The average Bonchev–Trinajstić information content (AvgIpc) is 3.26. The summed E-state index contributed by atoms with van der Waals surface area (Å²) in [6, 6.07) is 19.9. The maximum absolute atomic E-state index is 13.3. The molecule has 5 nitrogen and oxygen atoms in total.